The van der Waals surface area contributed by atoms with Crippen LogP contribution in [0.15, 0.2) is 12.3 Å². The first-order valence-corrected chi connectivity index (χ1v) is 7.69. The molecule has 0 atom stereocenters. The molecule has 1 aromatic rings. The number of Topliss-reactive ketones (excluding diaryl/α,β-unsaturated/α-hetero) is 1. The lowest BCUT2D eigenvalue weighted by atomic mass is 9.76. The number of hydrogen-bond donors (Lipinski definition) is 0. The predicted octanol–water partition coefficient (Wildman–Crippen LogP) is 4.39. The fraction of sp³-hybridized carbons (Fsp3) is 0.706. The molecule has 19 heavy (non-hydrogen) atoms. The first-order valence-electron chi connectivity index (χ1n) is 7.69. The van der Waals surface area contributed by atoms with Crippen LogP contribution < -0.4 is 0 Å². The Morgan fingerprint density at radius 1 is 1.16 bits per heavy atom. The van der Waals surface area contributed by atoms with Crippen molar-refractivity contribution < 1.29 is 4.79 Å². The van der Waals surface area contributed by atoms with E-state index in [1.54, 1.807) is 0 Å². The molecule has 0 aliphatic heterocycles. The third-order valence-electron chi connectivity index (χ3n) is 4.99. The van der Waals surface area contributed by atoms with Crippen LogP contribution in [0.5, 0.6) is 0 Å². The molecule has 2 nitrogen and oxygen atoms in total. The van der Waals surface area contributed by atoms with Crippen molar-refractivity contribution >= 4 is 5.78 Å². The first-order chi connectivity index (χ1) is 8.96. The SMILES string of the molecule is CC1CCC(n2ccc3c2CC(C)(C)CC3=O)CC1. The standard InChI is InChI=1S/C17H25NO/c1-12-4-6-13(7-5-12)18-9-8-14-15(18)10-17(2,3)11-16(14)19/h8-9,12-13H,4-7,10-11H2,1-3H3. The van der Waals surface area contributed by atoms with Crippen molar-refractivity contribution in [2.24, 2.45) is 11.3 Å². The maximum Gasteiger partial charge on any atom is 0.165 e. The van der Waals surface area contributed by atoms with Crippen molar-refractivity contribution in [3.05, 3.63) is 23.5 Å². The summed E-state index contributed by atoms with van der Waals surface area (Å²) in [5.41, 5.74) is 2.43. The van der Waals surface area contributed by atoms with Crippen molar-refractivity contribution in [1.82, 2.24) is 4.57 Å². The van der Waals surface area contributed by atoms with Gasteiger partial charge >= 0.3 is 0 Å². The lowest BCUT2D eigenvalue weighted by Gasteiger charge is -2.33. The van der Waals surface area contributed by atoms with Crippen LogP contribution in [0.2, 0.25) is 0 Å². The number of hydrogen-bond acceptors (Lipinski definition) is 1. The van der Waals surface area contributed by atoms with Crippen LogP contribution in [-0.4, -0.2) is 10.4 Å². The minimum atomic E-state index is 0.127. The molecule has 1 aromatic heterocycles. The molecule has 104 valence electrons. The Hall–Kier alpha value is -1.05. The van der Waals surface area contributed by atoms with Crippen molar-refractivity contribution in [3.63, 3.8) is 0 Å². The molecule has 2 heteroatoms. The molecule has 0 aromatic carbocycles. The van der Waals surface area contributed by atoms with Gasteiger partial charge in [0.2, 0.25) is 0 Å². The Kier molecular flexibility index (Phi) is 3.07. The van der Waals surface area contributed by atoms with Crippen LogP contribution in [-0.2, 0) is 6.42 Å². The van der Waals surface area contributed by atoms with Crippen LogP contribution in [0.4, 0.5) is 0 Å². The van der Waals surface area contributed by atoms with Crippen LogP contribution >= 0.6 is 0 Å². The summed E-state index contributed by atoms with van der Waals surface area (Å²) in [5.74, 6) is 1.22. The molecule has 1 heterocycles. The Balaban J connectivity index is 1.91. The molecule has 2 aliphatic rings. The van der Waals surface area contributed by atoms with Crippen LogP contribution in [0.25, 0.3) is 0 Å². The van der Waals surface area contributed by atoms with Gasteiger partial charge < -0.3 is 4.57 Å². The minimum Gasteiger partial charge on any atom is -0.348 e. The van der Waals surface area contributed by atoms with E-state index in [2.05, 4.69) is 37.6 Å². The average molecular weight is 259 g/mol. The molecule has 0 N–H and O–H groups in total. The number of ketones is 1. The van der Waals surface area contributed by atoms with Gasteiger partial charge in [0.1, 0.15) is 0 Å². The quantitative estimate of drug-likeness (QED) is 0.733. The molecular formula is C17H25NO. The van der Waals surface area contributed by atoms with Crippen LogP contribution in [0.1, 0.15) is 75.0 Å². The van der Waals surface area contributed by atoms with E-state index < -0.39 is 0 Å². The molecule has 1 fully saturated rings. The van der Waals surface area contributed by atoms with E-state index in [0.717, 1.165) is 17.9 Å². The fourth-order valence-corrected chi connectivity index (χ4v) is 3.83. The summed E-state index contributed by atoms with van der Waals surface area (Å²) in [7, 11) is 0. The second-order valence-electron chi connectivity index (χ2n) is 7.44. The van der Waals surface area contributed by atoms with E-state index >= 15 is 0 Å². The molecule has 0 saturated heterocycles. The Bertz CT molecular complexity index is 489. The third kappa shape index (κ3) is 2.37. The molecular weight excluding hydrogens is 234 g/mol. The van der Waals surface area contributed by atoms with Gasteiger partial charge in [-0.25, -0.2) is 0 Å². The number of nitrogens with zero attached hydrogens (tertiary/aromatic N) is 1. The lowest BCUT2D eigenvalue weighted by Crippen LogP contribution is -2.29. The number of carbonyl (C=O) groups is 1. The van der Waals surface area contributed by atoms with Gasteiger partial charge in [0, 0.05) is 29.9 Å². The zero-order chi connectivity index (χ0) is 13.6. The second-order valence-corrected chi connectivity index (χ2v) is 7.44. The van der Waals surface area contributed by atoms with E-state index in [-0.39, 0.29) is 5.41 Å². The van der Waals surface area contributed by atoms with Crippen molar-refractivity contribution in [3.8, 4) is 0 Å². The van der Waals surface area contributed by atoms with Crippen molar-refractivity contribution in [1.29, 1.82) is 0 Å². The lowest BCUT2D eigenvalue weighted by molar-refractivity contribution is 0.0908. The second kappa shape index (κ2) is 4.50. The van der Waals surface area contributed by atoms with E-state index in [1.165, 1.54) is 31.4 Å². The van der Waals surface area contributed by atoms with Gasteiger partial charge in [-0.1, -0.05) is 20.8 Å². The molecule has 0 radical (unpaired) electrons. The van der Waals surface area contributed by atoms with Gasteiger partial charge in [-0.2, -0.15) is 0 Å². The summed E-state index contributed by atoms with van der Waals surface area (Å²) in [6, 6.07) is 2.69. The summed E-state index contributed by atoms with van der Waals surface area (Å²) in [6.45, 7) is 6.79. The zero-order valence-corrected chi connectivity index (χ0v) is 12.4. The van der Waals surface area contributed by atoms with Crippen LogP contribution in [0, 0.1) is 11.3 Å². The number of rotatable bonds is 1. The monoisotopic (exact) mass is 259 g/mol. The molecule has 2 aliphatic carbocycles. The zero-order valence-electron chi connectivity index (χ0n) is 12.4. The highest BCUT2D eigenvalue weighted by molar-refractivity contribution is 5.98. The number of aromatic nitrogens is 1. The summed E-state index contributed by atoms with van der Waals surface area (Å²) in [6.07, 6.45) is 9.13. The highest BCUT2D eigenvalue weighted by atomic mass is 16.1. The van der Waals surface area contributed by atoms with Gasteiger partial charge in [-0.3, -0.25) is 4.79 Å². The van der Waals surface area contributed by atoms with E-state index in [1.807, 2.05) is 0 Å². The van der Waals surface area contributed by atoms with Gasteiger partial charge in [-0.05, 0) is 49.5 Å². The Labute approximate surface area is 116 Å². The third-order valence-corrected chi connectivity index (χ3v) is 4.99. The van der Waals surface area contributed by atoms with Gasteiger partial charge in [0.25, 0.3) is 0 Å². The largest absolute Gasteiger partial charge is 0.348 e. The summed E-state index contributed by atoms with van der Waals surface area (Å²) >= 11 is 0. The molecule has 3 rings (SSSR count). The average Bonchev–Trinajstić information content (AvgIpc) is 2.72. The summed E-state index contributed by atoms with van der Waals surface area (Å²) in [5, 5.41) is 0. The molecule has 0 spiro atoms. The van der Waals surface area contributed by atoms with Gasteiger partial charge in [0.15, 0.2) is 5.78 Å². The smallest absolute Gasteiger partial charge is 0.165 e. The van der Waals surface area contributed by atoms with Gasteiger partial charge in [-0.15, -0.1) is 0 Å². The molecule has 0 bridgehead atoms. The van der Waals surface area contributed by atoms with Gasteiger partial charge in [0.05, 0.1) is 0 Å². The maximum atomic E-state index is 12.2. The normalized spacial score (nSPS) is 30.2. The number of carbonyl (C=O) groups excluding carboxylic acids is 1. The maximum absolute atomic E-state index is 12.2. The molecule has 0 amide bonds. The minimum absolute atomic E-state index is 0.127. The topological polar surface area (TPSA) is 22.0 Å². The first kappa shape index (κ1) is 13.0. The summed E-state index contributed by atoms with van der Waals surface area (Å²) < 4.78 is 2.43. The van der Waals surface area contributed by atoms with E-state index in [9.17, 15) is 4.79 Å². The predicted molar refractivity (Wildman–Crippen MR) is 77.5 cm³/mol. The highest BCUT2D eigenvalue weighted by Crippen LogP contribution is 2.39. The number of fused-ring (bicyclic) bond motifs is 1. The fourth-order valence-electron chi connectivity index (χ4n) is 3.83. The van der Waals surface area contributed by atoms with Crippen LogP contribution in [0.3, 0.4) is 0 Å². The van der Waals surface area contributed by atoms with E-state index in [0.29, 0.717) is 18.2 Å². The Morgan fingerprint density at radius 2 is 1.84 bits per heavy atom. The van der Waals surface area contributed by atoms with E-state index in [4.69, 9.17) is 0 Å². The Morgan fingerprint density at radius 3 is 2.53 bits per heavy atom. The molecule has 0 unspecified atom stereocenters. The molecule has 1 saturated carbocycles. The van der Waals surface area contributed by atoms with Crippen molar-refractivity contribution in [2.75, 3.05) is 0 Å². The highest BCUT2D eigenvalue weighted by Gasteiger charge is 2.34. The van der Waals surface area contributed by atoms with Crippen molar-refractivity contribution in [2.45, 2.75) is 65.3 Å². The summed E-state index contributed by atoms with van der Waals surface area (Å²) in [4.78, 5) is 12.2.